The Labute approximate surface area is 114 Å². The Kier molecular flexibility index (Phi) is 4.22. The van der Waals surface area contributed by atoms with E-state index in [0.717, 1.165) is 23.3 Å². The Hall–Kier alpha value is -1.81. The lowest BCUT2D eigenvalue weighted by Gasteiger charge is -2.14. The molecule has 1 heterocycles. The summed E-state index contributed by atoms with van der Waals surface area (Å²) in [5.74, 6) is 0.870. The molecule has 1 unspecified atom stereocenters. The summed E-state index contributed by atoms with van der Waals surface area (Å²) in [6, 6.07) is 7.95. The number of benzene rings is 1. The Morgan fingerprint density at radius 2 is 2.16 bits per heavy atom. The van der Waals surface area contributed by atoms with Gasteiger partial charge in [-0.2, -0.15) is 5.10 Å². The molecule has 0 fully saturated rings. The number of nitrogens with two attached hydrogens (primary N) is 1. The smallest absolute Gasteiger partial charge is 0.120 e. The SMILES string of the molecule is CC(C)Oc1cccc(C(N)Cc2cnn(C)c2)c1. The van der Waals surface area contributed by atoms with Crippen LogP contribution in [0.2, 0.25) is 0 Å². The van der Waals surface area contributed by atoms with Crippen LogP contribution in [0.3, 0.4) is 0 Å². The van der Waals surface area contributed by atoms with Crippen molar-refractivity contribution in [1.82, 2.24) is 9.78 Å². The third-order valence-electron chi connectivity index (χ3n) is 2.87. The minimum absolute atomic E-state index is 0.0417. The van der Waals surface area contributed by atoms with Gasteiger partial charge in [-0.15, -0.1) is 0 Å². The van der Waals surface area contributed by atoms with Gasteiger partial charge in [0.1, 0.15) is 5.75 Å². The number of hydrogen-bond acceptors (Lipinski definition) is 3. The van der Waals surface area contributed by atoms with E-state index in [9.17, 15) is 0 Å². The first-order valence-corrected chi connectivity index (χ1v) is 6.54. The molecule has 4 nitrogen and oxygen atoms in total. The Bertz CT molecular complexity index is 534. The van der Waals surface area contributed by atoms with Gasteiger partial charge in [-0.1, -0.05) is 12.1 Å². The Balaban J connectivity index is 2.08. The number of aryl methyl sites for hydroxylation is 1. The first kappa shape index (κ1) is 13.6. The van der Waals surface area contributed by atoms with Gasteiger partial charge < -0.3 is 10.5 Å². The summed E-state index contributed by atoms with van der Waals surface area (Å²) < 4.78 is 7.48. The summed E-state index contributed by atoms with van der Waals surface area (Å²) in [7, 11) is 1.91. The van der Waals surface area contributed by atoms with Crippen LogP contribution >= 0.6 is 0 Å². The molecule has 4 heteroatoms. The lowest BCUT2D eigenvalue weighted by molar-refractivity contribution is 0.242. The van der Waals surface area contributed by atoms with Crippen molar-refractivity contribution in [1.29, 1.82) is 0 Å². The molecule has 2 N–H and O–H groups in total. The van der Waals surface area contributed by atoms with Gasteiger partial charge >= 0.3 is 0 Å². The first-order chi connectivity index (χ1) is 9.04. The zero-order chi connectivity index (χ0) is 13.8. The average Bonchev–Trinajstić information content (AvgIpc) is 2.74. The summed E-state index contributed by atoms with van der Waals surface area (Å²) in [6.45, 7) is 4.03. The van der Waals surface area contributed by atoms with Gasteiger partial charge in [-0.05, 0) is 43.5 Å². The summed E-state index contributed by atoms with van der Waals surface area (Å²) in [5, 5.41) is 4.16. The maximum absolute atomic E-state index is 6.24. The topological polar surface area (TPSA) is 53.1 Å². The molecule has 0 aliphatic rings. The van der Waals surface area contributed by atoms with E-state index < -0.39 is 0 Å². The number of nitrogens with zero attached hydrogens (tertiary/aromatic N) is 2. The van der Waals surface area contributed by atoms with Gasteiger partial charge in [-0.25, -0.2) is 0 Å². The maximum atomic E-state index is 6.24. The molecule has 102 valence electrons. The van der Waals surface area contributed by atoms with Crippen LogP contribution in [0.15, 0.2) is 36.7 Å². The summed E-state index contributed by atoms with van der Waals surface area (Å²) in [4.78, 5) is 0. The fourth-order valence-electron chi connectivity index (χ4n) is 2.04. The van der Waals surface area contributed by atoms with Crippen LogP contribution in [0, 0.1) is 0 Å². The maximum Gasteiger partial charge on any atom is 0.120 e. The van der Waals surface area contributed by atoms with E-state index in [-0.39, 0.29) is 12.1 Å². The van der Waals surface area contributed by atoms with E-state index in [1.807, 2.05) is 57.6 Å². The van der Waals surface area contributed by atoms with E-state index in [4.69, 9.17) is 10.5 Å². The van der Waals surface area contributed by atoms with Crippen molar-refractivity contribution in [2.45, 2.75) is 32.4 Å². The molecule has 0 aliphatic heterocycles. The molecule has 1 atom stereocenters. The molecule has 2 aromatic rings. The van der Waals surface area contributed by atoms with Gasteiger partial charge in [0.15, 0.2) is 0 Å². The number of hydrogen-bond donors (Lipinski definition) is 1. The van der Waals surface area contributed by atoms with E-state index in [1.165, 1.54) is 0 Å². The van der Waals surface area contributed by atoms with Gasteiger partial charge in [-0.3, -0.25) is 4.68 Å². The highest BCUT2D eigenvalue weighted by Crippen LogP contribution is 2.21. The van der Waals surface area contributed by atoms with Crippen LogP contribution in [0.4, 0.5) is 0 Å². The fraction of sp³-hybridized carbons (Fsp3) is 0.400. The van der Waals surface area contributed by atoms with Crippen molar-refractivity contribution in [3.8, 4) is 5.75 Å². The summed E-state index contributed by atoms with van der Waals surface area (Å²) in [5.41, 5.74) is 8.47. The molecular weight excluding hydrogens is 238 g/mol. The molecular formula is C15H21N3O. The standard InChI is InChI=1S/C15H21N3O/c1-11(2)19-14-6-4-5-13(8-14)15(16)7-12-9-17-18(3)10-12/h4-6,8-11,15H,7,16H2,1-3H3. The summed E-state index contributed by atoms with van der Waals surface area (Å²) in [6.07, 6.45) is 4.80. The van der Waals surface area contributed by atoms with Gasteiger partial charge in [0.2, 0.25) is 0 Å². The normalized spacial score (nSPS) is 12.7. The van der Waals surface area contributed by atoms with Crippen LogP contribution in [0.25, 0.3) is 0 Å². The zero-order valence-corrected chi connectivity index (χ0v) is 11.7. The number of rotatable bonds is 5. The Morgan fingerprint density at radius 3 is 2.79 bits per heavy atom. The first-order valence-electron chi connectivity index (χ1n) is 6.54. The molecule has 0 saturated heterocycles. The van der Waals surface area contributed by atoms with Crippen LogP contribution in [-0.2, 0) is 13.5 Å². The van der Waals surface area contributed by atoms with Crippen molar-refractivity contribution in [3.05, 3.63) is 47.8 Å². The van der Waals surface area contributed by atoms with Crippen molar-refractivity contribution < 1.29 is 4.74 Å². The van der Waals surface area contributed by atoms with E-state index in [2.05, 4.69) is 5.10 Å². The molecule has 1 aromatic heterocycles. The highest BCUT2D eigenvalue weighted by atomic mass is 16.5. The predicted octanol–water partition coefficient (Wildman–Crippen LogP) is 2.45. The molecule has 2 rings (SSSR count). The molecule has 1 aromatic carbocycles. The minimum atomic E-state index is -0.0417. The second-order valence-electron chi connectivity index (χ2n) is 5.07. The summed E-state index contributed by atoms with van der Waals surface area (Å²) >= 11 is 0. The van der Waals surface area contributed by atoms with Gasteiger partial charge in [0.05, 0.1) is 12.3 Å². The van der Waals surface area contributed by atoms with E-state index >= 15 is 0 Å². The van der Waals surface area contributed by atoms with Gasteiger partial charge in [0, 0.05) is 19.3 Å². The van der Waals surface area contributed by atoms with Gasteiger partial charge in [0.25, 0.3) is 0 Å². The van der Waals surface area contributed by atoms with Crippen molar-refractivity contribution in [2.24, 2.45) is 12.8 Å². The van der Waals surface area contributed by atoms with Crippen LogP contribution in [0.1, 0.15) is 31.0 Å². The molecule has 19 heavy (non-hydrogen) atoms. The fourth-order valence-corrected chi connectivity index (χ4v) is 2.04. The highest BCUT2D eigenvalue weighted by Gasteiger charge is 2.09. The monoisotopic (exact) mass is 259 g/mol. The van der Waals surface area contributed by atoms with Crippen molar-refractivity contribution >= 4 is 0 Å². The second-order valence-corrected chi connectivity index (χ2v) is 5.07. The molecule has 0 bridgehead atoms. The zero-order valence-electron chi connectivity index (χ0n) is 11.7. The third-order valence-corrected chi connectivity index (χ3v) is 2.87. The largest absolute Gasteiger partial charge is 0.491 e. The number of ether oxygens (including phenoxy) is 1. The van der Waals surface area contributed by atoms with Crippen LogP contribution < -0.4 is 10.5 Å². The quantitative estimate of drug-likeness (QED) is 0.897. The van der Waals surface area contributed by atoms with Crippen molar-refractivity contribution in [3.63, 3.8) is 0 Å². The van der Waals surface area contributed by atoms with Crippen molar-refractivity contribution in [2.75, 3.05) is 0 Å². The van der Waals surface area contributed by atoms with Crippen LogP contribution in [-0.4, -0.2) is 15.9 Å². The highest BCUT2D eigenvalue weighted by molar-refractivity contribution is 5.31. The van der Waals surface area contributed by atoms with E-state index in [0.29, 0.717) is 0 Å². The molecule has 0 amide bonds. The third kappa shape index (κ3) is 3.83. The van der Waals surface area contributed by atoms with E-state index in [1.54, 1.807) is 4.68 Å². The molecule has 0 spiro atoms. The Morgan fingerprint density at radius 1 is 1.37 bits per heavy atom. The lowest BCUT2D eigenvalue weighted by Crippen LogP contribution is -2.13. The lowest BCUT2D eigenvalue weighted by atomic mass is 10.0. The second kappa shape index (κ2) is 5.89. The molecule has 0 saturated carbocycles. The predicted molar refractivity (Wildman–Crippen MR) is 76.0 cm³/mol. The molecule has 0 radical (unpaired) electrons. The minimum Gasteiger partial charge on any atom is -0.491 e. The van der Waals surface area contributed by atoms with Crippen LogP contribution in [0.5, 0.6) is 5.75 Å². The average molecular weight is 259 g/mol. The molecule has 0 aliphatic carbocycles. The number of aromatic nitrogens is 2.